The summed E-state index contributed by atoms with van der Waals surface area (Å²) >= 11 is 1.62. The third-order valence-corrected chi connectivity index (χ3v) is 4.55. The van der Waals surface area contributed by atoms with Gasteiger partial charge < -0.3 is 4.74 Å². The van der Waals surface area contributed by atoms with Gasteiger partial charge in [-0.1, -0.05) is 54.6 Å². The van der Waals surface area contributed by atoms with Gasteiger partial charge in [0.05, 0.1) is 6.61 Å². The highest BCUT2D eigenvalue weighted by molar-refractivity contribution is 7.99. The molecule has 0 spiro atoms. The summed E-state index contributed by atoms with van der Waals surface area (Å²) in [4.78, 5) is 12.2. The second-order valence-electron chi connectivity index (χ2n) is 4.78. The van der Waals surface area contributed by atoms with Gasteiger partial charge in [-0.25, -0.2) is 0 Å². The van der Waals surface area contributed by atoms with E-state index in [1.807, 2.05) is 49.4 Å². The Morgan fingerprint density at radius 3 is 2.43 bits per heavy atom. The van der Waals surface area contributed by atoms with Gasteiger partial charge in [-0.3, -0.25) is 4.79 Å². The van der Waals surface area contributed by atoms with E-state index in [1.54, 1.807) is 11.8 Å². The number of rotatable bonds is 6. The minimum Gasteiger partial charge on any atom is -0.465 e. The van der Waals surface area contributed by atoms with Crippen LogP contribution in [-0.4, -0.2) is 12.6 Å². The number of carbonyl (C=O) groups excluding carboxylic acids is 1. The number of aryl methyl sites for hydroxylation is 1. The van der Waals surface area contributed by atoms with E-state index in [0.717, 1.165) is 11.3 Å². The van der Waals surface area contributed by atoms with Crippen LogP contribution < -0.4 is 0 Å². The lowest BCUT2D eigenvalue weighted by Crippen LogP contribution is -2.13. The van der Waals surface area contributed by atoms with Gasteiger partial charge in [0, 0.05) is 5.75 Å². The predicted molar refractivity (Wildman–Crippen MR) is 88.3 cm³/mol. The molecule has 110 valence electrons. The van der Waals surface area contributed by atoms with Crippen LogP contribution >= 0.6 is 11.8 Å². The Morgan fingerprint density at radius 1 is 1.10 bits per heavy atom. The lowest BCUT2D eigenvalue weighted by Gasteiger charge is -2.16. The second kappa shape index (κ2) is 7.89. The molecule has 0 aliphatic carbocycles. The van der Waals surface area contributed by atoms with E-state index in [-0.39, 0.29) is 11.2 Å². The summed E-state index contributed by atoms with van der Waals surface area (Å²) in [6.45, 7) is 4.34. The number of hydrogen-bond donors (Lipinski definition) is 0. The fourth-order valence-corrected chi connectivity index (χ4v) is 3.32. The molecule has 0 heterocycles. The summed E-state index contributed by atoms with van der Waals surface area (Å²) < 4.78 is 5.22. The molecule has 1 unspecified atom stereocenters. The molecule has 0 amide bonds. The van der Waals surface area contributed by atoms with Crippen LogP contribution in [0.5, 0.6) is 0 Å². The molecule has 0 saturated heterocycles. The Hall–Kier alpha value is -1.74. The Kier molecular flexibility index (Phi) is 5.88. The molecule has 0 N–H and O–H groups in total. The second-order valence-corrected chi connectivity index (χ2v) is 5.87. The van der Waals surface area contributed by atoms with Gasteiger partial charge in [0.15, 0.2) is 0 Å². The zero-order chi connectivity index (χ0) is 15.1. The van der Waals surface area contributed by atoms with Crippen molar-refractivity contribution in [3.8, 4) is 0 Å². The average molecular weight is 300 g/mol. The summed E-state index contributed by atoms with van der Waals surface area (Å²) in [5.74, 6) is 0.632. The van der Waals surface area contributed by atoms with E-state index in [1.165, 1.54) is 11.1 Å². The fourth-order valence-electron chi connectivity index (χ4n) is 2.09. The average Bonchev–Trinajstić information content (AvgIpc) is 2.50. The van der Waals surface area contributed by atoms with E-state index in [9.17, 15) is 4.79 Å². The Bertz CT molecular complexity index is 581. The van der Waals surface area contributed by atoms with Crippen molar-refractivity contribution >= 4 is 17.7 Å². The molecule has 0 fully saturated rings. The molecule has 21 heavy (non-hydrogen) atoms. The third-order valence-electron chi connectivity index (χ3n) is 3.27. The fraction of sp³-hybridized carbons (Fsp3) is 0.278. The SMILES string of the molecule is CCOC(=O)C(SCc1ccccc1C)c1ccccc1. The van der Waals surface area contributed by atoms with E-state index < -0.39 is 0 Å². The van der Waals surface area contributed by atoms with Gasteiger partial charge in [0.25, 0.3) is 0 Å². The molecule has 0 bridgehead atoms. The molecule has 3 heteroatoms. The van der Waals surface area contributed by atoms with Crippen molar-refractivity contribution in [3.63, 3.8) is 0 Å². The quantitative estimate of drug-likeness (QED) is 0.733. The summed E-state index contributed by atoms with van der Waals surface area (Å²) in [5, 5.41) is -0.272. The molecule has 0 radical (unpaired) electrons. The zero-order valence-corrected chi connectivity index (χ0v) is 13.2. The first-order valence-corrected chi connectivity index (χ1v) is 8.15. The van der Waals surface area contributed by atoms with Crippen LogP contribution in [0, 0.1) is 6.92 Å². The number of benzene rings is 2. The van der Waals surface area contributed by atoms with Crippen molar-refractivity contribution in [3.05, 3.63) is 71.3 Å². The van der Waals surface area contributed by atoms with E-state index in [0.29, 0.717) is 6.61 Å². The molecule has 0 saturated carbocycles. The van der Waals surface area contributed by atoms with Crippen molar-refractivity contribution in [2.75, 3.05) is 6.61 Å². The smallest absolute Gasteiger partial charge is 0.323 e. The van der Waals surface area contributed by atoms with Crippen LogP contribution in [0.1, 0.15) is 28.9 Å². The molecule has 0 aliphatic rings. The van der Waals surface area contributed by atoms with Gasteiger partial charge in [0.2, 0.25) is 0 Å². The maximum Gasteiger partial charge on any atom is 0.323 e. The van der Waals surface area contributed by atoms with Crippen LogP contribution in [0.3, 0.4) is 0 Å². The number of ether oxygens (including phenoxy) is 1. The predicted octanol–water partition coefficient (Wildman–Crippen LogP) is 4.53. The third kappa shape index (κ3) is 4.36. The Balaban J connectivity index is 2.13. The lowest BCUT2D eigenvalue weighted by molar-refractivity contribution is -0.142. The number of carbonyl (C=O) groups is 1. The minimum atomic E-state index is -0.272. The van der Waals surface area contributed by atoms with Gasteiger partial charge >= 0.3 is 5.97 Å². The minimum absolute atomic E-state index is 0.165. The number of esters is 1. The highest BCUT2D eigenvalue weighted by Crippen LogP contribution is 2.33. The topological polar surface area (TPSA) is 26.3 Å². The van der Waals surface area contributed by atoms with Gasteiger partial charge in [0.1, 0.15) is 5.25 Å². The zero-order valence-electron chi connectivity index (χ0n) is 12.4. The van der Waals surface area contributed by atoms with Crippen molar-refractivity contribution in [2.45, 2.75) is 24.9 Å². The van der Waals surface area contributed by atoms with Gasteiger partial charge in [-0.05, 0) is 30.5 Å². The normalized spacial score (nSPS) is 11.9. The summed E-state index contributed by atoms with van der Waals surface area (Å²) in [6, 6.07) is 18.1. The largest absolute Gasteiger partial charge is 0.465 e. The summed E-state index contributed by atoms with van der Waals surface area (Å²) in [5.41, 5.74) is 3.50. The molecule has 1 atom stereocenters. The van der Waals surface area contributed by atoms with Crippen LogP contribution in [0.2, 0.25) is 0 Å². The molecular weight excluding hydrogens is 280 g/mol. The summed E-state index contributed by atoms with van der Waals surface area (Å²) in [6.07, 6.45) is 0. The van der Waals surface area contributed by atoms with Crippen molar-refractivity contribution < 1.29 is 9.53 Å². The first-order valence-electron chi connectivity index (χ1n) is 7.10. The van der Waals surface area contributed by atoms with Gasteiger partial charge in [-0.2, -0.15) is 0 Å². The van der Waals surface area contributed by atoms with Crippen molar-refractivity contribution in [1.82, 2.24) is 0 Å². The lowest BCUT2D eigenvalue weighted by atomic mass is 10.1. The molecule has 2 nitrogen and oxygen atoms in total. The highest BCUT2D eigenvalue weighted by atomic mass is 32.2. The first-order chi connectivity index (χ1) is 10.2. The van der Waals surface area contributed by atoms with Crippen molar-refractivity contribution in [1.29, 1.82) is 0 Å². The molecule has 2 aromatic carbocycles. The van der Waals surface area contributed by atoms with E-state index in [4.69, 9.17) is 4.74 Å². The van der Waals surface area contributed by atoms with Crippen LogP contribution in [-0.2, 0) is 15.3 Å². The van der Waals surface area contributed by atoms with Crippen LogP contribution in [0.4, 0.5) is 0 Å². The van der Waals surface area contributed by atoms with Crippen LogP contribution in [0.25, 0.3) is 0 Å². The number of hydrogen-bond acceptors (Lipinski definition) is 3. The summed E-state index contributed by atoms with van der Waals surface area (Å²) in [7, 11) is 0. The maximum atomic E-state index is 12.2. The molecule has 0 aromatic heterocycles. The molecular formula is C18H20O2S. The Morgan fingerprint density at radius 2 is 1.76 bits per heavy atom. The van der Waals surface area contributed by atoms with E-state index >= 15 is 0 Å². The highest BCUT2D eigenvalue weighted by Gasteiger charge is 2.22. The maximum absolute atomic E-state index is 12.2. The monoisotopic (exact) mass is 300 g/mol. The molecule has 2 rings (SSSR count). The standard InChI is InChI=1S/C18H20O2S/c1-3-20-18(19)17(15-10-5-4-6-11-15)21-13-16-12-8-7-9-14(16)2/h4-12,17H,3,13H2,1-2H3. The van der Waals surface area contributed by atoms with Crippen molar-refractivity contribution in [2.24, 2.45) is 0 Å². The molecule has 0 aliphatic heterocycles. The van der Waals surface area contributed by atoms with E-state index in [2.05, 4.69) is 19.1 Å². The first kappa shape index (κ1) is 15.6. The van der Waals surface area contributed by atoms with Crippen LogP contribution in [0.15, 0.2) is 54.6 Å². The number of thioether (sulfide) groups is 1. The molecule has 2 aromatic rings. The Labute approximate surface area is 130 Å². The van der Waals surface area contributed by atoms with Gasteiger partial charge in [-0.15, -0.1) is 11.8 Å².